The number of carbonyl (C=O) groups excluding carboxylic acids is 3. The first-order valence-electron chi connectivity index (χ1n) is 11.8. The van der Waals surface area contributed by atoms with Crippen LogP contribution >= 0.6 is 0 Å². The molecule has 2 aliphatic heterocycles. The van der Waals surface area contributed by atoms with Gasteiger partial charge in [0, 0.05) is 30.8 Å². The fourth-order valence-electron chi connectivity index (χ4n) is 4.53. The molecule has 7 heteroatoms. The number of nitrogens with two attached hydrogens (primary N) is 1. The van der Waals surface area contributed by atoms with Gasteiger partial charge in [-0.1, -0.05) is 37.1 Å². The van der Waals surface area contributed by atoms with Gasteiger partial charge >= 0.3 is 0 Å². The Hall–Kier alpha value is -3.19. The van der Waals surface area contributed by atoms with Crippen LogP contribution in [0, 0.1) is 0 Å². The molecule has 1 unspecified atom stereocenters. The number of hydrogen-bond donors (Lipinski definition) is 3. The molecule has 0 radical (unpaired) electrons. The summed E-state index contributed by atoms with van der Waals surface area (Å²) < 4.78 is 0. The number of aryl methyl sites for hydroxylation is 1. The van der Waals surface area contributed by atoms with Gasteiger partial charge in [0.25, 0.3) is 5.91 Å². The predicted octanol–water partition coefficient (Wildman–Crippen LogP) is 3.12. The molecule has 0 aliphatic carbocycles. The third kappa shape index (κ3) is 5.60. The molecular formula is C26H32N4O3. The monoisotopic (exact) mass is 448 g/mol. The van der Waals surface area contributed by atoms with E-state index in [0.717, 1.165) is 36.2 Å². The maximum absolute atomic E-state index is 13.0. The molecule has 0 aromatic heterocycles. The Morgan fingerprint density at radius 1 is 0.970 bits per heavy atom. The molecule has 2 aliphatic rings. The van der Waals surface area contributed by atoms with E-state index in [-0.39, 0.29) is 24.1 Å². The van der Waals surface area contributed by atoms with Crippen LogP contribution in [0.3, 0.4) is 0 Å². The summed E-state index contributed by atoms with van der Waals surface area (Å²) in [6.45, 7) is 1.79. The largest absolute Gasteiger partial charge is 0.381 e. The minimum atomic E-state index is -0.580. The molecule has 174 valence electrons. The Balaban J connectivity index is 1.31. The molecule has 1 fully saturated rings. The molecule has 4 rings (SSSR count). The van der Waals surface area contributed by atoms with Crippen LogP contribution in [0.15, 0.2) is 42.5 Å². The van der Waals surface area contributed by atoms with Crippen molar-refractivity contribution in [1.29, 1.82) is 0 Å². The normalized spacial score (nSPS) is 17.8. The minimum Gasteiger partial charge on any atom is -0.381 e. The van der Waals surface area contributed by atoms with Crippen molar-refractivity contribution in [2.75, 3.05) is 11.9 Å². The van der Waals surface area contributed by atoms with Crippen molar-refractivity contribution in [3.63, 3.8) is 0 Å². The van der Waals surface area contributed by atoms with Gasteiger partial charge in [-0.25, -0.2) is 0 Å². The third-order valence-corrected chi connectivity index (χ3v) is 6.46. The Bertz CT molecular complexity index is 1020. The fourth-order valence-corrected chi connectivity index (χ4v) is 4.53. The number of hydrogen-bond acceptors (Lipinski definition) is 5. The van der Waals surface area contributed by atoms with Crippen molar-refractivity contribution in [2.24, 2.45) is 5.73 Å². The second-order valence-corrected chi connectivity index (χ2v) is 8.89. The molecule has 1 saturated heterocycles. The molecular weight excluding hydrogens is 416 g/mol. The van der Waals surface area contributed by atoms with Crippen LogP contribution in [-0.4, -0.2) is 35.2 Å². The zero-order valence-electron chi connectivity index (χ0n) is 18.9. The second kappa shape index (κ2) is 10.6. The molecule has 2 aromatic rings. The van der Waals surface area contributed by atoms with Gasteiger partial charge in [0.2, 0.25) is 11.8 Å². The second-order valence-electron chi connectivity index (χ2n) is 8.89. The molecule has 4 N–H and O–H groups in total. The Morgan fingerprint density at radius 2 is 1.73 bits per heavy atom. The highest BCUT2D eigenvalue weighted by molar-refractivity contribution is 6.05. The lowest BCUT2D eigenvalue weighted by Crippen LogP contribution is -2.52. The van der Waals surface area contributed by atoms with E-state index in [2.05, 4.69) is 34.9 Å². The quantitative estimate of drug-likeness (QED) is 0.383. The first-order chi connectivity index (χ1) is 16.0. The van der Waals surface area contributed by atoms with Gasteiger partial charge in [-0.15, -0.1) is 0 Å². The van der Waals surface area contributed by atoms with Crippen LogP contribution in [0.25, 0.3) is 0 Å². The van der Waals surface area contributed by atoms with Gasteiger partial charge in [-0.3, -0.25) is 19.7 Å². The number of piperidine rings is 1. The Kier molecular flexibility index (Phi) is 7.40. The van der Waals surface area contributed by atoms with E-state index < -0.39 is 6.04 Å². The Labute approximate surface area is 194 Å². The summed E-state index contributed by atoms with van der Waals surface area (Å²) >= 11 is 0. The van der Waals surface area contributed by atoms with Crippen molar-refractivity contribution in [3.8, 4) is 0 Å². The van der Waals surface area contributed by atoms with E-state index in [4.69, 9.17) is 5.73 Å². The maximum Gasteiger partial charge on any atom is 0.255 e. The minimum absolute atomic E-state index is 0.142. The molecule has 0 bridgehead atoms. The lowest BCUT2D eigenvalue weighted by Gasteiger charge is -2.29. The van der Waals surface area contributed by atoms with Gasteiger partial charge in [0.15, 0.2) is 0 Å². The highest BCUT2D eigenvalue weighted by atomic mass is 16.2. The van der Waals surface area contributed by atoms with Gasteiger partial charge in [-0.05, 0) is 67.1 Å². The highest BCUT2D eigenvalue weighted by Gasteiger charge is 2.39. The molecule has 3 amide bonds. The van der Waals surface area contributed by atoms with Crippen LogP contribution in [0.5, 0.6) is 0 Å². The molecule has 0 saturated carbocycles. The number of anilines is 1. The molecule has 33 heavy (non-hydrogen) atoms. The summed E-state index contributed by atoms with van der Waals surface area (Å²) in [5.41, 5.74) is 10.5. The summed E-state index contributed by atoms with van der Waals surface area (Å²) in [4.78, 5) is 38.2. The van der Waals surface area contributed by atoms with Crippen LogP contribution in [0.2, 0.25) is 0 Å². The number of nitrogens with zero attached hydrogens (tertiary/aromatic N) is 1. The molecule has 0 spiro atoms. The maximum atomic E-state index is 13.0. The van der Waals surface area contributed by atoms with Gasteiger partial charge in [-0.2, -0.15) is 0 Å². The predicted molar refractivity (Wildman–Crippen MR) is 127 cm³/mol. The van der Waals surface area contributed by atoms with Crippen molar-refractivity contribution in [3.05, 3.63) is 64.7 Å². The first-order valence-corrected chi connectivity index (χ1v) is 11.8. The van der Waals surface area contributed by atoms with Crippen LogP contribution < -0.4 is 16.4 Å². The van der Waals surface area contributed by atoms with Gasteiger partial charge in [0.05, 0.1) is 0 Å². The number of imide groups is 1. The summed E-state index contributed by atoms with van der Waals surface area (Å²) in [5.74, 6) is -0.796. The number of amides is 3. The summed E-state index contributed by atoms with van der Waals surface area (Å²) in [7, 11) is 0. The number of carbonyl (C=O) groups is 3. The van der Waals surface area contributed by atoms with E-state index in [1.54, 1.807) is 4.90 Å². The standard InChI is InChI=1S/C26H32N4O3/c27-14-4-2-1-3-5-18-7-10-21(11-8-18)28-16-19-6-9-20-17-30(26(33)22(20)15-19)23-12-13-24(31)29-25(23)32/h6-11,15,23,28H,1-5,12-14,16-17,27H2,(H,29,31,32). The van der Waals surface area contributed by atoms with E-state index in [1.807, 2.05) is 18.2 Å². The first kappa shape index (κ1) is 23.0. The number of nitrogens with one attached hydrogen (secondary N) is 2. The SMILES string of the molecule is NCCCCCCc1ccc(NCc2ccc3c(c2)C(=O)N(C2CCC(=O)NC2=O)C3)cc1. The molecule has 2 heterocycles. The van der Waals surface area contributed by atoms with E-state index in [0.29, 0.717) is 25.1 Å². The van der Waals surface area contributed by atoms with Gasteiger partial charge < -0.3 is 16.0 Å². The third-order valence-electron chi connectivity index (χ3n) is 6.46. The number of benzene rings is 2. The molecule has 7 nitrogen and oxygen atoms in total. The summed E-state index contributed by atoms with van der Waals surface area (Å²) in [5, 5.41) is 5.76. The Morgan fingerprint density at radius 3 is 2.48 bits per heavy atom. The highest BCUT2D eigenvalue weighted by Crippen LogP contribution is 2.28. The number of fused-ring (bicyclic) bond motifs is 1. The van der Waals surface area contributed by atoms with Crippen molar-refractivity contribution >= 4 is 23.4 Å². The number of rotatable bonds is 10. The lowest BCUT2D eigenvalue weighted by molar-refractivity contribution is -0.136. The molecule has 2 aromatic carbocycles. The van der Waals surface area contributed by atoms with E-state index >= 15 is 0 Å². The number of unbranched alkanes of at least 4 members (excludes halogenated alkanes) is 3. The van der Waals surface area contributed by atoms with Gasteiger partial charge in [0.1, 0.15) is 6.04 Å². The van der Waals surface area contributed by atoms with Crippen molar-refractivity contribution < 1.29 is 14.4 Å². The fraction of sp³-hybridized carbons (Fsp3) is 0.423. The van der Waals surface area contributed by atoms with E-state index in [1.165, 1.54) is 24.8 Å². The zero-order chi connectivity index (χ0) is 23.2. The van der Waals surface area contributed by atoms with E-state index in [9.17, 15) is 14.4 Å². The molecule has 1 atom stereocenters. The topological polar surface area (TPSA) is 105 Å². The zero-order valence-corrected chi connectivity index (χ0v) is 18.9. The van der Waals surface area contributed by atoms with Crippen LogP contribution in [0.4, 0.5) is 5.69 Å². The van der Waals surface area contributed by atoms with Crippen molar-refractivity contribution in [1.82, 2.24) is 10.2 Å². The lowest BCUT2D eigenvalue weighted by atomic mass is 10.0. The smallest absolute Gasteiger partial charge is 0.255 e. The van der Waals surface area contributed by atoms with Crippen LogP contribution in [-0.2, 0) is 29.1 Å². The average molecular weight is 449 g/mol. The average Bonchev–Trinajstić information content (AvgIpc) is 3.14. The summed E-state index contributed by atoms with van der Waals surface area (Å²) in [6, 6.07) is 13.8. The van der Waals surface area contributed by atoms with Crippen LogP contribution in [0.1, 0.15) is 65.6 Å². The van der Waals surface area contributed by atoms with Crippen molar-refractivity contribution in [2.45, 2.75) is 64.1 Å². The summed E-state index contributed by atoms with van der Waals surface area (Å²) in [6.07, 6.45) is 6.43.